The van der Waals surface area contributed by atoms with Gasteiger partial charge in [-0.3, -0.25) is 9.69 Å². The number of fused-ring (bicyclic) bond motifs is 2. The number of para-hydroxylation sites is 2. The standard InChI is InChI=1S/C24H25N3O3/c1-29-19-10-11-26(16-19)12-13-30-27-22-9-5-3-7-18(22)15-23(27)20-14-17-6-2-4-8-21(17)25-24(20)28/h2-9,14-15,19H,10-13,16H2,1H3,(H,25,28). The number of likely N-dealkylation sites (tertiary alicyclic amines) is 1. The van der Waals surface area contributed by atoms with Crippen LogP contribution in [-0.4, -0.2) is 54.1 Å². The van der Waals surface area contributed by atoms with Crippen LogP contribution in [0.15, 0.2) is 65.5 Å². The Balaban J connectivity index is 1.48. The number of methoxy groups -OCH3 is 1. The Labute approximate surface area is 174 Å². The fraction of sp³-hybridized carbons (Fsp3) is 0.292. The Morgan fingerprint density at radius 3 is 2.70 bits per heavy atom. The largest absolute Gasteiger partial charge is 0.412 e. The van der Waals surface area contributed by atoms with Crippen molar-refractivity contribution in [2.24, 2.45) is 0 Å². The number of nitrogens with one attached hydrogen (secondary N) is 1. The molecule has 0 saturated carbocycles. The molecular formula is C24H25N3O3. The Morgan fingerprint density at radius 1 is 1.07 bits per heavy atom. The smallest absolute Gasteiger partial charge is 0.257 e. The van der Waals surface area contributed by atoms with Crippen LogP contribution in [0.1, 0.15) is 6.42 Å². The Morgan fingerprint density at radius 2 is 1.87 bits per heavy atom. The molecule has 2 aromatic carbocycles. The van der Waals surface area contributed by atoms with Crippen molar-refractivity contribution in [2.45, 2.75) is 12.5 Å². The summed E-state index contributed by atoms with van der Waals surface area (Å²) in [4.78, 5) is 24.4. The minimum atomic E-state index is -0.121. The Hall–Kier alpha value is -3.09. The maximum atomic E-state index is 12.9. The topological polar surface area (TPSA) is 59.5 Å². The van der Waals surface area contributed by atoms with Crippen LogP contribution in [0, 0.1) is 0 Å². The van der Waals surface area contributed by atoms with Crippen LogP contribution < -0.4 is 10.4 Å². The number of aromatic amines is 1. The molecule has 1 fully saturated rings. The number of aromatic nitrogens is 2. The van der Waals surface area contributed by atoms with Crippen LogP contribution in [0.25, 0.3) is 33.1 Å². The summed E-state index contributed by atoms with van der Waals surface area (Å²) in [5, 5.41) is 2.03. The minimum absolute atomic E-state index is 0.121. The third kappa shape index (κ3) is 3.49. The van der Waals surface area contributed by atoms with Gasteiger partial charge < -0.3 is 14.6 Å². The molecule has 1 unspecified atom stereocenters. The molecule has 154 valence electrons. The number of pyridine rings is 1. The zero-order chi connectivity index (χ0) is 20.5. The first-order valence-corrected chi connectivity index (χ1v) is 10.3. The average Bonchev–Trinajstić information content (AvgIpc) is 3.38. The second-order valence-corrected chi connectivity index (χ2v) is 7.76. The predicted molar refractivity (Wildman–Crippen MR) is 119 cm³/mol. The lowest BCUT2D eigenvalue weighted by Crippen LogP contribution is -2.30. The van der Waals surface area contributed by atoms with Crippen LogP contribution in [0.2, 0.25) is 0 Å². The first-order chi connectivity index (χ1) is 14.7. The van der Waals surface area contributed by atoms with Crippen molar-refractivity contribution < 1.29 is 9.57 Å². The molecule has 6 nitrogen and oxygen atoms in total. The summed E-state index contributed by atoms with van der Waals surface area (Å²) in [7, 11) is 1.77. The molecule has 0 aliphatic carbocycles. The highest BCUT2D eigenvalue weighted by Crippen LogP contribution is 2.27. The van der Waals surface area contributed by atoms with Gasteiger partial charge in [0.2, 0.25) is 0 Å². The van der Waals surface area contributed by atoms with E-state index in [4.69, 9.17) is 9.57 Å². The highest BCUT2D eigenvalue weighted by atomic mass is 16.7. The number of hydrogen-bond donors (Lipinski definition) is 1. The molecule has 1 aliphatic heterocycles. The SMILES string of the molecule is COC1CCN(CCOn2c(-c3cc4ccccc4[nH]c3=O)cc3ccccc32)C1. The maximum Gasteiger partial charge on any atom is 0.257 e. The molecule has 1 atom stereocenters. The van der Waals surface area contributed by atoms with Crippen molar-refractivity contribution in [3.05, 3.63) is 71.0 Å². The van der Waals surface area contributed by atoms with Crippen molar-refractivity contribution in [1.82, 2.24) is 14.6 Å². The van der Waals surface area contributed by atoms with E-state index in [1.165, 1.54) is 0 Å². The number of H-pyrrole nitrogens is 1. The summed E-state index contributed by atoms with van der Waals surface area (Å²) in [6.45, 7) is 3.31. The van der Waals surface area contributed by atoms with Crippen LogP contribution in [0.5, 0.6) is 0 Å². The first-order valence-electron chi connectivity index (χ1n) is 10.3. The van der Waals surface area contributed by atoms with E-state index in [0.29, 0.717) is 18.3 Å². The summed E-state index contributed by atoms with van der Waals surface area (Å²) in [5.74, 6) is 0. The van der Waals surface area contributed by atoms with Gasteiger partial charge >= 0.3 is 0 Å². The molecule has 0 spiro atoms. The number of rotatable bonds is 6. The molecule has 1 aliphatic rings. The van der Waals surface area contributed by atoms with Gasteiger partial charge in [0, 0.05) is 37.6 Å². The molecule has 1 saturated heterocycles. The number of hydrogen-bond acceptors (Lipinski definition) is 4. The lowest BCUT2D eigenvalue weighted by molar-refractivity contribution is 0.0856. The summed E-state index contributed by atoms with van der Waals surface area (Å²) in [5.41, 5.74) is 3.03. The molecule has 6 heteroatoms. The van der Waals surface area contributed by atoms with Gasteiger partial charge in [0.15, 0.2) is 0 Å². The Kier molecular flexibility index (Phi) is 5.02. The van der Waals surface area contributed by atoms with E-state index < -0.39 is 0 Å². The monoisotopic (exact) mass is 403 g/mol. The van der Waals surface area contributed by atoms with Gasteiger partial charge in [-0.25, -0.2) is 0 Å². The van der Waals surface area contributed by atoms with E-state index in [1.54, 1.807) is 11.8 Å². The van der Waals surface area contributed by atoms with E-state index in [1.807, 2.05) is 60.7 Å². The predicted octanol–water partition coefficient (Wildman–Crippen LogP) is 3.30. The second kappa shape index (κ2) is 7.97. The molecular weight excluding hydrogens is 378 g/mol. The van der Waals surface area contributed by atoms with Crippen molar-refractivity contribution in [3.8, 4) is 11.3 Å². The molecule has 0 amide bonds. The van der Waals surface area contributed by atoms with Crippen molar-refractivity contribution in [1.29, 1.82) is 0 Å². The van der Waals surface area contributed by atoms with Crippen LogP contribution in [0.3, 0.4) is 0 Å². The molecule has 2 aromatic heterocycles. The fourth-order valence-corrected chi connectivity index (χ4v) is 4.25. The van der Waals surface area contributed by atoms with Gasteiger partial charge in [-0.05, 0) is 36.1 Å². The molecule has 0 radical (unpaired) electrons. The molecule has 5 rings (SSSR count). The summed E-state index contributed by atoms with van der Waals surface area (Å²) in [6.07, 6.45) is 1.37. The average molecular weight is 403 g/mol. The van der Waals surface area contributed by atoms with E-state index in [-0.39, 0.29) is 5.56 Å². The molecule has 1 N–H and O–H groups in total. The summed E-state index contributed by atoms with van der Waals surface area (Å²) < 4.78 is 7.25. The molecule has 3 heterocycles. The highest BCUT2D eigenvalue weighted by Gasteiger charge is 2.22. The summed E-state index contributed by atoms with van der Waals surface area (Å²) >= 11 is 0. The van der Waals surface area contributed by atoms with E-state index in [2.05, 4.69) is 9.88 Å². The zero-order valence-electron chi connectivity index (χ0n) is 17.0. The van der Waals surface area contributed by atoms with Gasteiger partial charge in [-0.1, -0.05) is 36.4 Å². The second-order valence-electron chi connectivity index (χ2n) is 7.76. The van der Waals surface area contributed by atoms with Gasteiger partial charge in [0.1, 0.15) is 6.61 Å². The van der Waals surface area contributed by atoms with Gasteiger partial charge in [0.25, 0.3) is 5.56 Å². The van der Waals surface area contributed by atoms with E-state index in [9.17, 15) is 4.79 Å². The molecule has 30 heavy (non-hydrogen) atoms. The number of benzene rings is 2. The first kappa shape index (κ1) is 18.9. The number of ether oxygens (including phenoxy) is 1. The van der Waals surface area contributed by atoms with Gasteiger partial charge in [-0.2, -0.15) is 4.73 Å². The normalized spacial score (nSPS) is 17.2. The third-order valence-corrected chi connectivity index (χ3v) is 5.89. The maximum absolute atomic E-state index is 12.9. The highest BCUT2D eigenvalue weighted by molar-refractivity contribution is 5.89. The Bertz CT molecular complexity index is 1240. The van der Waals surface area contributed by atoms with Crippen LogP contribution in [-0.2, 0) is 4.74 Å². The molecule has 4 aromatic rings. The van der Waals surface area contributed by atoms with E-state index in [0.717, 1.165) is 53.6 Å². The van der Waals surface area contributed by atoms with Crippen molar-refractivity contribution >= 4 is 21.8 Å². The zero-order valence-corrected chi connectivity index (χ0v) is 17.0. The third-order valence-electron chi connectivity index (χ3n) is 5.89. The van der Waals surface area contributed by atoms with E-state index >= 15 is 0 Å². The molecule has 0 bridgehead atoms. The van der Waals surface area contributed by atoms with Gasteiger partial charge in [0.05, 0.1) is 22.9 Å². The summed E-state index contributed by atoms with van der Waals surface area (Å²) in [6, 6.07) is 19.8. The number of nitrogens with zero attached hydrogens (tertiary/aromatic N) is 2. The quantitative estimate of drug-likeness (QED) is 0.537. The van der Waals surface area contributed by atoms with Crippen LogP contribution >= 0.6 is 0 Å². The lowest BCUT2D eigenvalue weighted by atomic mass is 10.1. The fourth-order valence-electron chi connectivity index (χ4n) is 4.25. The van der Waals surface area contributed by atoms with Gasteiger partial charge in [-0.15, -0.1) is 0 Å². The van der Waals surface area contributed by atoms with Crippen molar-refractivity contribution in [2.75, 3.05) is 33.4 Å². The minimum Gasteiger partial charge on any atom is -0.412 e. The van der Waals surface area contributed by atoms with Crippen LogP contribution in [0.4, 0.5) is 0 Å². The lowest BCUT2D eigenvalue weighted by Gasteiger charge is -2.17. The van der Waals surface area contributed by atoms with Crippen molar-refractivity contribution in [3.63, 3.8) is 0 Å².